The van der Waals surface area contributed by atoms with Gasteiger partial charge < -0.3 is 5.73 Å². The molecule has 0 amide bonds. The third kappa shape index (κ3) is 1.61. The summed E-state index contributed by atoms with van der Waals surface area (Å²) in [5.74, 6) is 0.529. The Balaban J connectivity index is 1.98. The van der Waals surface area contributed by atoms with Crippen LogP contribution >= 0.6 is 11.3 Å². The number of thiazole rings is 1. The van der Waals surface area contributed by atoms with Crippen LogP contribution in [-0.4, -0.2) is 21.0 Å². The number of hydrogen-bond donors (Lipinski definition) is 1. The molecule has 2 unspecified atom stereocenters. The summed E-state index contributed by atoms with van der Waals surface area (Å²) in [4.78, 5) is 13.9. The molecule has 0 aromatic carbocycles. The van der Waals surface area contributed by atoms with Crippen LogP contribution in [0.3, 0.4) is 0 Å². The van der Waals surface area contributed by atoms with Gasteiger partial charge in [0.1, 0.15) is 5.01 Å². The molecule has 1 aliphatic rings. The van der Waals surface area contributed by atoms with Crippen LogP contribution in [0.15, 0.2) is 12.4 Å². The third-order valence-corrected chi connectivity index (χ3v) is 4.00. The molecule has 2 heterocycles. The Morgan fingerprint density at radius 2 is 2.13 bits per heavy atom. The molecule has 4 nitrogen and oxygen atoms in total. The van der Waals surface area contributed by atoms with Gasteiger partial charge in [0, 0.05) is 24.4 Å². The maximum Gasteiger partial charge on any atom is 0.189 e. The Kier molecular flexibility index (Phi) is 2.14. The largest absolute Gasteiger partial charge is 0.328 e. The molecule has 0 saturated heterocycles. The minimum Gasteiger partial charge on any atom is -0.328 e. The number of fused-ring (bicyclic) bond motifs is 1. The van der Waals surface area contributed by atoms with E-state index >= 15 is 0 Å². The van der Waals surface area contributed by atoms with E-state index in [0.717, 1.165) is 34.7 Å². The van der Waals surface area contributed by atoms with Crippen molar-refractivity contribution >= 4 is 21.8 Å². The molecule has 15 heavy (non-hydrogen) atoms. The van der Waals surface area contributed by atoms with Gasteiger partial charge in [-0.1, -0.05) is 11.3 Å². The van der Waals surface area contributed by atoms with Crippen molar-refractivity contribution in [1.82, 2.24) is 15.0 Å². The van der Waals surface area contributed by atoms with Gasteiger partial charge in [0.25, 0.3) is 0 Å². The average Bonchev–Trinajstić information content (AvgIpc) is 2.82. The Morgan fingerprint density at radius 1 is 1.27 bits per heavy atom. The van der Waals surface area contributed by atoms with Gasteiger partial charge in [0.2, 0.25) is 0 Å². The van der Waals surface area contributed by atoms with Crippen LogP contribution in [0.25, 0.3) is 10.5 Å². The Labute approximate surface area is 91.6 Å². The summed E-state index contributed by atoms with van der Waals surface area (Å²) in [5.41, 5.74) is 6.68. The zero-order valence-electron chi connectivity index (χ0n) is 8.26. The van der Waals surface area contributed by atoms with E-state index in [4.69, 9.17) is 5.73 Å². The van der Waals surface area contributed by atoms with E-state index in [0.29, 0.717) is 12.0 Å². The van der Waals surface area contributed by atoms with Crippen molar-refractivity contribution < 1.29 is 0 Å². The molecule has 2 aromatic rings. The normalized spacial score (nSPS) is 26.2. The highest BCUT2D eigenvalue weighted by molar-refractivity contribution is 7.18. The van der Waals surface area contributed by atoms with E-state index in [-0.39, 0.29) is 0 Å². The molecule has 1 saturated carbocycles. The highest BCUT2D eigenvalue weighted by atomic mass is 32.1. The molecule has 2 atom stereocenters. The predicted octanol–water partition coefficient (Wildman–Crippen LogP) is 1.68. The van der Waals surface area contributed by atoms with E-state index in [2.05, 4.69) is 15.0 Å². The number of nitrogens with two attached hydrogens (primary N) is 1. The highest BCUT2D eigenvalue weighted by Crippen LogP contribution is 2.36. The summed E-state index contributed by atoms with van der Waals surface area (Å²) in [6.45, 7) is 0. The molecular weight excluding hydrogens is 208 g/mol. The molecule has 78 valence electrons. The molecular formula is C10H12N4S. The fourth-order valence-electron chi connectivity index (χ4n) is 2.11. The van der Waals surface area contributed by atoms with Gasteiger partial charge in [-0.05, 0) is 19.3 Å². The van der Waals surface area contributed by atoms with Gasteiger partial charge in [-0.2, -0.15) is 0 Å². The Bertz CT molecular complexity index is 448. The van der Waals surface area contributed by atoms with Gasteiger partial charge in [-0.3, -0.25) is 0 Å². The van der Waals surface area contributed by atoms with Gasteiger partial charge >= 0.3 is 0 Å². The van der Waals surface area contributed by atoms with Crippen LogP contribution in [0.5, 0.6) is 0 Å². The van der Waals surface area contributed by atoms with Crippen molar-refractivity contribution in [3.05, 3.63) is 17.4 Å². The highest BCUT2D eigenvalue weighted by Gasteiger charge is 2.26. The second-order valence-electron chi connectivity index (χ2n) is 4.01. The lowest BCUT2D eigenvalue weighted by Gasteiger charge is -2.03. The Hall–Kier alpha value is -1.07. The van der Waals surface area contributed by atoms with Crippen LogP contribution in [0.4, 0.5) is 0 Å². The second-order valence-corrected chi connectivity index (χ2v) is 5.02. The predicted molar refractivity (Wildman–Crippen MR) is 59.8 cm³/mol. The van der Waals surface area contributed by atoms with Crippen LogP contribution in [0, 0.1) is 0 Å². The van der Waals surface area contributed by atoms with Gasteiger partial charge in [0.05, 0.1) is 0 Å². The minimum absolute atomic E-state index is 0.350. The minimum atomic E-state index is 0.350. The van der Waals surface area contributed by atoms with Crippen molar-refractivity contribution in [3.63, 3.8) is 0 Å². The van der Waals surface area contributed by atoms with Gasteiger partial charge in [-0.25, -0.2) is 15.0 Å². The van der Waals surface area contributed by atoms with Crippen molar-refractivity contribution in [3.8, 4) is 0 Å². The lowest BCUT2D eigenvalue weighted by Crippen LogP contribution is -2.14. The molecule has 0 radical (unpaired) electrons. The van der Waals surface area contributed by atoms with Crippen molar-refractivity contribution in [2.24, 2.45) is 5.73 Å². The number of hydrogen-bond acceptors (Lipinski definition) is 5. The first-order valence-electron chi connectivity index (χ1n) is 5.16. The zero-order valence-corrected chi connectivity index (χ0v) is 9.07. The van der Waals surface area contributed by atoms with Gasteiger partial charge in [-0.15, -0.1) is 0 Å². The monoisotopic (exact) mass is 220 g/mol. The van der Waals surface area contributed by atoms with Crippen molar-refractivity contribution in [2.45, 2.75) is 31.2 Å². The lowest BCUT2D eigenvalue weighted by atomic mass is 10.1. The first kappa shape index (κ1) is 9.18. The second kappa shape index (κ2) is 3.50. The zero-order chi connectivity index (χ0) is 10.3. The number of rotatable bonds is 1. The van der Waals surface area contributed by atoms with E-state index in [1.165, 1.54) is 0 Å². The molecule has 1 fully saturated rings. The molecule has 2 N–H and O–H groups in total. The van der Waals surface area contributed by atoms with Crippen LogP contribution in [0.1, 0.15) is 30.2 Å². The topological polar surface area (TPSA) is 64.7 Å². The first-order chi connectivity index (χ1) is 7.33. The molecule has 0 bridgehead atoms. The molecule has 3 rings (SSSR count). The Morgan fingerprint density at radius 3 is 2.87 bits per heavy atom. The maximum atomic E-state index is 5.90. The number of aromatic nitrogens is 3. The van der Waals surface area contributed by atoms with Crippen LogP contribution in [-0.2, 0) is 0 Å². The number of nitrogens with zero attached hydrogens (tertiary/aromatic N) is 3. The standard InChI is InChI=1S/C10H12N4S/c11-7-2-1-6(5-7)9-14-8-10(15-9)13-4-3-12-8/h3-4,6-7H,1-2,5,11H2. The van der Waals surface area contributed by atoms with E-state index in [1.807, 2.05) is 0 Å². The van der Waals surface area contributed by atoms with Crippen LogP contribution < -0.4 is 5.73 Å². The van der Waals surface area contributed by atoms with E-state index < -0.39 is 0 Å². The van der Waals surface area contributed by atoms with Gasteiger partial charge in [0.15, 0.2) is 10.5 Å². The molecule has 5 heteroatoms. The molecule has 0 aliphatic heterocycles. The van der Waals surface area contributed by atoms with E-state index in [9.17, 15) is 0 Å². The average molecular weight is 220 g/mol. The summed E-state index contributed by atoms with van der Waals surface area (Å²) in [6, 6.07) is 0.350. The van der Waals surface area contributed by atoms with Crippen molar-refractivity contribution in [2.75, 3.05) is 0 Å². The van der Waals surface area contributed by atoms with Crippen LogP contribution in [0.2, 0.25) is 0 Å². The van der Waals surface area contributed by atoms with Crippen molar-refractivity contribution in [1.29, 1.82) is 0 Å². The summed E-state index contributed by atoms with van der Waals surface area (Å²) in [5, 5.41) is 1.16. The summed E-state index contributed by atoms with van der Waals surface area (Å²) in [7, 11) is 0. The smallest absolute Gasteiger partial charge is 0.189 e. The van der Waals surface area contributed by atoms with E-state index in [1.54, 1.807) is 23.7 Å². The lowest BCUT2D eigenvalue weighted by molar-refractivity contribution is 0.672. The molecule has 1 aliphatic carbocycles. The fraction of sp³-hybridized carbons (Fsp3) is 0.500. The quantitative estimate of drug-likeness (QED) is 0.794. The first-order valence-corrected chi connectivity index (χ1v) is 5.97. The maximum absolute atomic E-state index is 5.90. The summed E-state index contributed by atoms with van der Waals surface area (Å²) in [6.07, 6.45) is 6.72. The summed E-state index contributed by atoms with van der Waals surface area (Å²) < 4.78 is 0. The third-order valence-electron chi connectivity index (χ3n) is 2.89. The SMILES string of the molecule is NC1CCC(c2nc3nccnc3s2)C1. The fourth-order valence-corrected chi connectivity index (χ4v) is 3.12. The summed E-state index contributed by atoms with van der Waals surface area (Å²) >= 11 is 1.66. The molecule has 2 aromatic heterocycles. The molecule has 0 spiro atoms.